The van der Waals surface area contributed by atoms with Crippen LogP contribution >= 0.6 is 23.2 Å². The number of para-hydroxylation sites is 2. The third-order valence-corrected chi connectivity index (χ3v) is 9.94. The van der Waals surface area contributed by atoms with Crippen molar-refractivity contribution < 1.29 is 24.2 Å². The van der Waals surface area contributed by atoms with E-state index in [1.807, 2.05) is 109 Å². The number of unbranched alkanes of at least 4 members (excludes halogenated alkanes) is 1. The lowest BCUT2D eigenvalue weighted by Gasteiger charge is -2.32. The second-order valence-corrected chi connectivity index (χ2v) is 13.5. The highest BCUT2D eigenvalue weighted by molar-refractivity contribution is 6.32. The van der Waals surface area contributed by atoms with E-state index >= 15 is 0 Å². The third-order valence-electron chi connectivity index (χ3n) is 9.35. The average molecular weight is 709 g/mol. The van der Waals surface area contributed by atoms with Crippen LogP contribution in [0.15, 0.2) is 109 Å². The fourth-order valence-corrected chi connectivity index (χ4v) is 6.74. The van der Waals surface area contributed by atoms with Crippen molar-refractivity contribution in [3.63, 3.8) is 0 Å². The number of benzene rings is 4. The number of ether oxygens (including phenoxy) is 2. The van der Waals surface area contributed by atoms with Crippen molar-refractivity contribution in [3.05, 3.63) is 142 Å². The van der Waals surface area contributed by atoms with E-state index in [9.17, 15) is 9.90 Å². The van der Waals surface area contributed by atoms with Gasteiger partial charge in [-0.05, 0) is 72.5 Å². The average Bonchev–Trinajstić information content (AvgIpc) is 3.93. The molecule has 6 aromatic rings. The summed E-state index contributed by atoms with van der Waals surface area (Å²) in [6.45, 7) is 2.69. The molecular formula is C40H35Cl2N3O5. The van der Waals surface area contributed by atoms with E-state index in [1.54, 1.807) is 0 Å². The lowest BCUT2D eigenvalue weighted by Crippen LogP contribution is -2.28. The van der Waals surface area contributed by atoms with Crippen LogP contribution in [0.2, 0.25) is 10.0 Å². The zero-order valence-electron chi connectivity index (χ0n) is 27.4. The molecule has 0 aliphatic carbocycles. The van der Waals surface area contributed by atoms with Gasteiger partial charge in [0, 0.05) is 22.6 Å². The van der Waals surface area contributed by atoms with Gasteiger partial charge in [0.15, 0.2) is 0 Å². The van der Waals surface area contributed by atoms with Gasteiger partial charge in [-0.1, -0.05) is 97.2 Å². The molecular weight excluding hydrogens is 673 g/mol. The maximum absolute atomic E-state index is 11.6. The van der Waals surface area contributed by atoms with Gasteiger partial charge in [-0.25, -0.2) is 14.8 Å². The number of rotatable bonds is 14. The van der Waals surface area contributed by atoms with Crippen LogP contribution in [0.3, 0.4) is 0 Å². The first-order valence-corrected chi connectivity index (χ1v) is 17.2. The van der Waals surface area contributed by atoms with Gasteiger partial charge in [-0.3, -0.25) is 4.84 Å². The van der Waals surface area contributed by atoms with Crippen LogP contribution in [0.25, 0.3) is 21.8 Å². The molecule has 0 radical (unpaired) electrons. The number of aromatic nitrogens is 2. The van der Waals surface area contributed by atoms with Gasteiger partial charge in [-0.15, -0.1) is 0 Å². The highest BCUT2D eigenvalue weighted by atomic mass is 35.5. The summed E-state index contributed by atoms with van der Waals surface area (Å²) < 4.78 is 12.2. The Bertz CT molecular complexity index is 2060. The number of hydrogen-bond acceptors (Lipinski definition) is 7. The molecule has 2 N–H and O–H groups in total. The number of nitrogens with one attached hydrogen (secondary N) is 1. The molecule has 1 saturated heterocycles. The molecule has 3 heterocycles. The topological polar surface area (TPSA) is 116 Å². The summed E-state index contributed by atoms with van der Waals surface area (Å²) in [5.41, 5.74) is 6.07. The van der Waals surface area contributed by atoms with Crippen LogP contribution in [0.4, 0.5) is 0 Å². The van der Waals surface area contributed by atoms with Gasteiger partial charge in [0.05, 0.1) is 32.5 Å². The second-order valence-electron chi connectivity index (χ2n) is 12.7. The number of halogens is 2. The Labute approximate surface area is 299 Å². The van der Waals surface area contributed by atoms with Crippen LogP contribution in [0, 0.1) is 0 Å². The lowest BCUT2D eigenvalue weighted by molar-refractivity contribution is -0.143. The molecule has 254 valence electrons. The first-order valence-electron chi connectivity index (χ1n) is 16.5. The summed E-state index contributed by atoms with van der Waals surface area (Å²) >= 11 is 13.7. The molecule has 8 nitrogen and oxygen atoms in total. The van der Waals surface area contributed by atoms with Crippen molar-refractivity contribution in [2.75, 3.05) is 0 Å². The SMILES string of the molecule is CC(CCCCC1(C(=O)O)NO1)(c1ccc(OCc2ccc3ccccc3n2)c(Cl)c1)c1ccc(OCc2ccc3ccccc3n2)c(Cl)c1. The molecule has 0 spiro atoms. The second kappa shape index (κ2) is 14.2. The first-order chi connectivity index (χ1) is 24.2. The Morgan fingerprint density at radius 2 is 1.26 bits per heavy atom. The van der Waals surface area contributed by atoms with Crippen molar-refractivity contribution in [1.29, 1.82) is 0 Å². The molecule has 0 bridgehead atoms. The summed E-state index contributed by atoms with van der Waals surface area (Å²) in [6.07, 6.45) is 2.41. The van der Waals surface area contributed by atoms with Crippen LogP contribution < -0.4 is 15.0 Å². The molecule has 1 aliphatic heterocycles. The number of hydrogen-bond donors (Lipinski definition) is 2. The number of aliphatic carboxylic acids is 1. The van der Waals surface area contributed by atoms with Gasteiger partial charge in [0.1, 0.15) is 24.7 Å². The van der Waals surface area contributed by atoms with Gasteiger partial charge in [-0.2, -0.15) is 5.48 Å². The Kier molecular flexibility index (Phi) is 9.62. The van der Waals surface area contributed by atoms with Gasteiger partial charge in [0.2, 0.25) is 0 Å². The van der Waals surface area contributed by atoms with Gasteiger partial charge < -0.3 is 14.6 Å². The molecule has 2 aromatic heterocycles. The molecule has 50 heavy (non-hydrogen) atoms. The predicted octanol–water partition coefficient (Wildman–Crippen LogP) is 9.43. The van der Waals surface area contributed by atoms with Gasteiger partial charge >= 0.3 is 5.97 Å². The maximum atomic E-state index is 11.6. The van der Waals surface area contributed by atoms with Crippen LogP contribution in [0.1, 0.15) is 55.1 Å². The normalized spacial score (nSPS) is 15.7. The van der Waals surface area contributed by atoms with E-state index < -0.39 is 17.1 Å². The van der Waals surface area contributed by atoms with E-state index in [0.29, 0.717) is 40.8 Å². The molecule has 10 heteroatoms. The van der Waals surface area contributed by atoms with Crippen molar-refractivity contribution in [2.24, 2.45) is 0 Å². The highest BCUT2D eigenvalue weighted by Crippen LogP contribution is 2.43. The predicted molar refractivity (Wildman–Crippen MR) is 195 cm³/mol. The number of carboxylic acid groups (broad SMARTS) is 1. The Hall–Kier alpha value is -4.73. The summed E-state index contributed by atoms with van der Waals surface area (Å²) in [4.78, 5) is 26.1. The fourth-order valence-electron chi connectivity index (χ4n) is 6.27. The number of nitrogens with zero attached hydrogens (tertiary/aromatic N) is 2. The Morgan fingerprint density at radius 3 is 1.72 bits per heavy atom. The molecule has 1 aliphatic rings. The fraction of sp³-hybridized carbons (Fsp3) is 0.225. The number of carboxylic acids is 1. The Balaban J connectivity index is 1.10. The van der Waals surface area contributed by atoms with Crippen molar-refractivity contribution in [3.8, 4) is 11.5 Å². The molecule has 4 aromatic carbocycles. The molecule has 0 amide bonds. The van der Waals surface area contributed by atoms with Crippen molar-refractivity contribution in [1.82, 2.24) is 15.4 Å². The van der Waals surface area contributed by atoms with Crippen LogP contribution in [-0.2, 0) is 28.3 Å². The minimum absolute atomic E-state index is 0.272. The third kappa shape index (κ3) is 7.25. The highest BCUT2D eigenvalue weighted by Gasteiger charge is 2.52. The van der Waals surface area contributed by atoms with E-state index in [1.165, 1.54) is 0 Å². The summed E-state index contributed by atoms with van der Waals surface area (Å²) in [5, 5.41) is 12.6. The van der Waals surface area contributed by atoms with Crippen LogP contribution in [0.5, 0.6) is 11.5 Å². The summed E-state index contributed by atoms with van der Waals surface area (Å²) in [6, 6.07) is 35.5. The lowest BCUT2D eigenvalue weighted by atomic mass is 9.72. The van der Waals surface area contributed by atoms with E-state index in [2.05, 4.69) is 12.4 Å². The van der Waals surface area contributed by atoms with Gasteiger partial charge in [0.25, 0.3) is 5.72 Å². The largest absolute Gasteiger partial charge is 0.486 e. The van der Waals surface area contributed by atoms with E-state index in [4.69, 9.17) is 47.5 Å². The molecule has 1 atom stereocenters. The van der Waals surface area contributed by atoms with Crippen LogP contribution in [-0.4, -0.2) is 26.8 Å². The molecule has 1 fully saturated rings. The smallest absolute Gasteiger partial charge is 0.355 e. The zero-order valence-corrected chi connectivity index (χ0v) is 28.9. The number of pyridine rings is 2. The molecule has 1 unspecified atom stereocenters. The van der Waals surface area contributed by atoms with E-state index in [-0.39, 0.29) is 13.2 Å². The minimum Gasteiger partial charge on any atom is -0.486 e. The van der Waals surface area contributed by atoms with Crippen molar-refractivity contribution >= 4 is 51.0 Å². The number of hydroxylamine groups is 1. The van der Waals surface area contributed by atoms with Crippen molar-refractivity contribution in [2.45, 2.75) is 57.0 Å². The molecule has 0 saturated carbocycles. The standard InChI is InChI=1S/C40H35Cl2N3O5/c1-39(20-6-7-21-40(38(46)47)45-50-40,28-14-18-36(32(41)22-28)48-24-30-16-12-26-8-2-4-10-34(26)43-30)29-15-19-37(33(42)23-29)49-25-31-17-13-27-9-3-5-11-35(27)44-31/h2-5,8-19,22-23,45H,6-7,20-21,24-25H2,1H3,(H,46,47). The summed E-state index contributed by atoms with van der Waals surface area (Å²) in [7, 11) is 0. The number of carbonyl (C=O) groups is 1. The summed E-state index contributed by atoms with van der Waals surface area (Å²) in [5.74, 6) is 0.0945. The molecule has 7 rings (SSSR count). The zero-order chi connectivity index (χ0) is 34.7. The van der Waals surface area contributed by atoms with E-state index in [0.717, 1.165) is 50.7 Å². The maximum Gasteiger partial charge on any atom is 0.355 e. The minimum atomic E-state index is -1.29. The number of fused-ring (bicyclic) bond motifs is 2. The quantitative estimate of drug-likeness (QED) is 0.0850. The first kappa shape index (κ1) is 33.8. The monoisotopic (exact) mass is 707 g/mol. The Morgan fingerprint density at radius 1 is 0.760 bits per heavy atom.